The van der Waals surface area contributed by atoms with E-state index in [1.54, 1.807) is 13.0 Å². The number of hydrogen-bond donors (Lipinski definition) is 1. The monoisotopic (exact) mass is 260 g/mol. The lowest BCUT2D eigenvalue weighted by atomic mass is 10.1. The van der Waals surface area contributed by atoms with Gasteiger partial charge in [0.2, 0.25) is 0 Å². The summed E-state index contributed by atoms with van der Waals surface area (Å²) in [5.41, 5.74) is 1.24. The summed E-state index contributed by atoms with van der Waals surface area (Å²) in [5.74, 6) is -1.26. The number of aliphatic carboxylic acids is 1. The average molecular weight is 261 g/mol. The van der Waals surface area contributed by atoms with Crippen molar-refractivity contribution >= 4 is 21.9 Å². The van der Waals surface area contributed by atoms with E-state index in [-0.39, 0.29) is 18.7 Å². The van der Waals surface area contributed by atoms with Crippen LogP contribution in [-0.4, -0.2) is 11.1 Å². The van der Waals surface area contributed by atoms with Gasteiger partial charge in [0.1, 0.15) is 5.82 Å². The molecular formula is C10H10BrFO2. The van der Waals surface area contributed by atoms with E-state index in [4.69, 9.17) is 5.11 Å². The van der Waals surface area contributed by atoms with Gasteiger partial charge in [-0.05, 0) is 36.6 Å². The summed E-state index contributed by atoms with van der Waals surface area (Å²) < 4.78 is 14.1. The van der Waals surface area contributed by atoms with E-state index >= 15 is 0 Å². The van der Waals surface area contributed by atoms with Crippen LogP contribution in [0.4, 0.5) is 4.39 Å². The first-order chi connectivity index (χ1) is 6.50. The lowest BCUT2D eigenvalue weighted by Gasteiger charge is -2.04. The number of aryl methyl sites for hydroxylation is 2. The Morgan fingerprint density at radius 2 is 2.21 bits per heavy atom. The standard InChI is InChI=1S/C10H10BrFO2/c1-6-4-9(12)7(5-8(6)11)2-3-10(13)14/h4-5H,2-3H2,1H3,(H,13,14). The normalized spacial score (nSPS) is 10.2. The zero-order valence-corrected chi connectivity index (χ0v) is 9.27. The predicted octanol–water partition coefficient (Wildman–Crippen LogP) is 2.91. The molecule has 0 aliphatic rings. The van der Waals surface area contributed by atoms with Crippen molar-refractivity contribution < 1.29 is 14.3 Å². The molecule has 1 rings (SSSR count). The average Bonchev–Trinajstić information content (AvgIpc) is 2.09. The third kappa shape index (κ3) is 2.80. The second kappa shape index (κ2) is 4.55. The number of rotatable bonds is 3. The van der Waals surface area contributed by atoms with Crippen molar-refractivity contribution in [3.05, 3.63) is 33.5 Å². The van der Waals surface area contributed by atoms with Crippen molar-refractivity contribution in [2.75, 3.05) is 0 Å². The molecule has 0 spiro atoms. The van der Waals surface area contributed by atoms with Gasteiger partial charge in [-0.2, -0.15) is 0 Å². The number of halogens is 2. The van der Waals surface area contributed by atoms with E-state index in [1.165, 1.54) is 6.07 Å². The first-order valence-electron chi connectivity index (χ1n) is 4.17. The minimum absolute atomic E-state index is 0.0492. The third-order valence-electron chi connectivity index (χ3n) is 1.94. The van der Waals surface area contributed by atoms with E-state index in [2.05, 4.69) is 15.9 Å². The minimum atomic E-state index is -0.916. The summed E-state index contributed by atoms with van der Waals surface area (Å²) in [4.78, 5) is 10.3. The predicted molar refractivity (Wildman–Crippen MR) is 54.8 cm³/mol. The van der Waals surface area contributed by atoms with Gasteiger partial charge in [0.15, 0.2) is 0 Å². The Morgan fingerprint density at radius 1 is 1.57 bits per heavy atom. The van der Waals surface area contributed by atoms with Crippen LogP contribution in [0.5, 0.6) is 0 Å². The summed E-state index contributed by atoms with van der Waals surface area (Å²) in [6.07, 6.45) is 0.173. The van der Waals surface area contributed by atoms with E-state index in [1.807, 2.05) is 0 Å². The highest BCUT2D eigenvalue weighted by atomic mass is 79.9. The number of carboxylic acids is 1. The summed E-state index contributed by atoms with van der Waals surface area (Å²) in [6.45, 7) is 1.79. The molecule has 0 fully saturated rings. The molecule has 1 N–H and O–H groups in total. The van der Waals surface area contributed by atoms with Crippen LogP contribution in [0.25, 0.3) is 0 Å². The summed E-state index contributed by atoms with van der Waals surface area (Å²) in [6, 6.07) is 3.04. The summed E-state index contributed by atoms with van der Waals surface area (Å²) in [5, 5.41) is 8.46. The molecular weight excluding hydrogens is 251 g/mol. The quantitative estimate of drug-likeness (QED) is 0.908. The number of benzene rings is 1. The molecule has 0 aliphatic heterocycles. The van der Waals surface area contributed by atoms with Gasteiger partial charge >= 0.3 is 5.97 Å². The van der Waals surface area contributed by atoms with E-state index in [0.717, 1.165) is 10.0 Å². The fourth-order valence-corrected chi connectivity index (χ4v) is 1.51. The molecule has 0 saturated carbocycles. The van der Waals surface area contributed by atoms with Gasteiger partial charge in [-0.25, -0.2) is 4.39 Å². The smallest absolute Gasteiger partial charge is 0.303 e. The lowest BCUT2D eigenvalue weighted by Crippen LogP contribution is -2.00. The van der Waals surface area contributed by atoms with Gasteiger partial charge < -0.3 is 5.11 Å². The molecule has 2 nitrogen and oxygen atoms in total. The minimum Gasteiger partial charge on any atom is -0.481 e. The Morgan fingerprint density at radius 3 is 2.79 bits per heavy atom. The summed E-state index contributed by atoms with van der Waals surface area (Å²) >= 11 is 3.27. The number of carbonyl (C=O) groups is 1. The van der Waals surface area contributed by atoms with Gasteiger partial charge in [0, 0.05) is 10.9 Å². The van der Waals surface area contributed by atoms with Crippen LogP contribution in [-0.2, 0) is 11.2 Å². The lowest BCUT2D eigenvalue weighted by molar-refractivity contribution is -0.136. The highest BCUT2D eigenvalue weighted by Gasteiger charge is 2.07. The van der Waals surface area contributed by atoms with Crippen LogP contribution in [0.15, 0.2) is 16.6 Å². The van der Waals surface area contributed by atoms with Crippen LogP contribution >= 0.6 is 15.9 Å². The van der Waals surface area contributed by atoms with E-state index < -0.39 is 5.97 Å². The van der Waals surface area contributed by atoms with Gasteiger partial charge in [-0.1, -0.05) is 15.9 Å². The molecule has 76 valence electrons. The molecule has 0 aliphatic carbocycles. The van der Waals surface area contributed by atoms with Crippen LogP contribution in [0, 0.1) is 12.7 Å². The molecule has 1 aromatic carbocycles. The zero-order valence-electron chi connectivity index (χ0n) is 7.68. The zero-order chi connectivity index (χ0) is 10.7. The van der Waals surface area contributed by atoms with Crippen LogP contribution in [0.2, 0.25) is 0 Å². The molecule has 4 heteroatoms. The Hall–Kier alpha value is -0.900. The van der Waals surface area contributed by atoms with E-state index in [0.29, 0.717) is 5.56 Å². The van der Waals surface area contributed by atoms with Crippen LogP contribution < -0.4 is 0 Å². The van der Waals surface area contributed by atoms with Gasteiger partial charge in [0.05, 0.1) is 0 Å². The van der Waals surface area contributed by atoms with Gasteiger partial charge in [-0.15, -0.1) is 0 Å². The van der Waals surface area contributed by atoms with Crippen molar-refractivity contribution in [3.8, 4) is 0 Å². The second-order valence-corrected chi connectivity index (χ2v) is 3.94. The molecule has 0 unspecified atom stereocenters. The molecule has 0 amide bonds. The molecule has 1 aromatic rings. The maximum Gasteiger partial charge on any atom is 0.303 e. The largest absolute Gasteiger partial charge is 0.481 e. The first-order valence-corrected chi connectivity index (χ1v) is 4.96. The molecule has 0 saturated heterocycles. The summed E-state index contributed by atoms with van der Waals surface area (Å²) in [7, 11) is 0. The first kappa shape index (κ1) is 11.2. The highest BCUT2D eigenvalue weighted by molar-refractivity contribution is 9.10. The van der Waals surface area contributed by atoms with Gasteiger partial charge in [0.25, 0.3) is 0 Å². The maximum absolute atomic E-state index is 13.3. The molecule has 0 radical (unpaired) electrons. The fourth-order valence-electron chi connectivity index (χ4n) is 1.12. The van der Waals surface area contributed by atoms with Crippen molar-refractivity contribution in [1.82, 2.24) is 0 Å². The fraction of sp³-hybridized carbons (Fsp3) is 0.300. The highest BCUT2D eigenvalue weighted by Crippen LogP contribution is 2.21. The SMILES string of the molecule is Cc1cc(F)c(CCC(=O)O)cc1Br. The number of hydrogen-bond acceptors (Lipinski definition) is 1. The topological polar surface area (TPSA) is 37.3 Å². The Balaban J connectivity index is 2.87. The van der Waals surface area contributed by atoms with Crippen molar-refractivity contribution in [2.24, 2.45) is 0 Å². The maximum atomic E-state index is 13.3. The Kier molecular flexibility index (Phi) is 3.63. The molecule has 0 bridgehead atoms. The third-order valence-corrected chi connectivity index (χ3v) is 2.79. The van der Waals surface area contributed by atoms with E-state index in [9.17, 15) is 9.18 Å². The van der Waals surface area contributed by atoms with Crippen LogP contribution in [0.1, 0.15) is 17.5 Å². The van der Waals surface area contributed by atoms with Crippen molar-refractivity contribution in [3.63, 3.8) is 0 Å². The Bertz CT molecular complexity index is 363. The molecule has 0 heterocycles. The molecule has 0 atom stereocenters. The second-order valence-electron chi connectivity index (χ2n) is 3.09. The van der Waals surface area contributed by atoms with Crippen molar-refractivity contribution in [2.45, 2.75) is 19.8 Å². The Labute approximate surface area is 89.9 Å². The molecule has 14 heavy (non-hydrogen) atoms. The van der Waals surface area contributed by atoms with Crippen LogP contribution in [0.3, 0.4) is 0 Å². The molecule has 0 aromatic heterocycles. The van der Waals surface area contributed by atoms with Gasteiger partial charge in [-0.3, -0.25) is 4.79 Å². The van der Waals surface area contributed by atoms with Crippen molar-refractivity contribution in [1.29, 1.82) is 0 Å². The number of carboxylic acid groups (broad SMARTS) is 1.